The first-order valence-corrected chi connectivity index (χ1v) is 8.73. The zero-order chi connectivity index (χ0) is 18.6. The molecule has 25 heavy (non-hydrogen) atoms. The van der Waals surface area contributed by atoms with Crippen LogP contribution in [0.5, 0.6) is 0 Å². The fourth-order valence-corrected chi connectivity index (χ4v) is 3.51. The third-order valence-electron chi connectivity index (χ3n) is 5.24. The minimum atomic E-state index is -0.455. The van der Waals surface area contributed by atoms with Crippen molar-refractivity contribution in [3.8, 4) is 0 Å². The molecule has 0 aliphatic carbocycles. The van der Waals surface area contributed by atoms with Crippen LogP contribution in [0.1, 0.15) is 50.8 Å². The Morgan fingerprint density at radius 1 is 1.16 bits per heavy atom. The van der Waals surface area contributed by atoms with Gasteiger partial charge in [0.15, 0.2) is 0 Å². The molecule has 1 spiro atoms. The zero-order valence-corrected chi connectivity index (χ0v) is 15.7. The predicted octanol–water partition coefficient (Wildman–Crippen LogP) is 1.01. The van der Waals surface area contributed by atoms with E-state index in [1.165, 1.54) is 0 Å². The van der Waals surface area contributed by atoms with E-state index in [0.717, 1.165) is 18.8 Å². The van der Waals surface area contributed by atoms with Gasteiger partial charge in [-0.1, -0.05) is 34.6 Å². The molecule has 2 fully saturated rings. The highest BCUT2D eigenvalue weighted by Crippen LogP contribution is 2.41. The van der Waals surface area contributed by atoms with Gasteiger partial charge >= 0.3 is 0 Å². The molecule has 0 radical (unpaired) electrons. The predicted molar refractivity (Wildman–Crippen MR) is 93.1 cm³/mol. The lowest BCUT2D eigenvalue weighted by Crippen LogP contribution is -2.74. The zero-order valence-electron chi connectivity index (χ0n) is 15.7. The van der Waals surface area contributed by atoms with E-state index in [1.54, 1.807) is 11.0 Å². The number of hydrogen-bond donors (Lipinski definition) is 2. The van der Waals surface area contributed by atoms with Crippen LogP contribution in [0.4, 0.5) is 0 Å². The molecule has 1 aromatic heterocycles. The van der Waals surface area contributed by atoms with Crippen LogP contribution < -0.4 is 0 Å². The van der Waals surface area contributed by atoms with Gasteiger partial charge in [0, 0.05) is 48.1 Å². The van der Waals surface area contributed by atoms with Crippen molar-refractivity contribution < 1.29 is 14.7 Å². The maximum absolute atomic E-state index is 12.6. The number of aliphatic hydroxyl groups excluding tert-OH is 1. The molecule has 2 saturated heterocycles. The maximum Gasteiger partial charge on any atom is 0.274 e. The molecule has 3 heterocycles. The molecule has 2 N–H and O–H groups in total. The van der Waals surface area contributed by atoms with Crippen molar-refractivity contribution in [1.29, 1.82) is 0 Å². The number of carbonyl (C=O) groups is 2. The summed E-state index contributed by atoms with van der Waals surface area (Å²) in [6, 6.07) is 1.72. The van der Waals surface area contributed by atoms with Crippen molar-refractivity contribution in [2.75, 3.05) is 32.8 Å². The van der Waals surface area contributed by atoms with Crippen molar-refractivity contribution in [2.45, 2.75) is 40.0 Å². The molecule has 0 bridgehead atoms. The first kappa shape index (κ1) is 17.9. The Hall–Kier alpha value is -1.89. The monoisotopic (exact) mass is 348 g/mol. The molecule has 7 nitrogen and oxygen atoms in total. The smallest absolute Gasteiger partial charge is 0.274 e. The van der Waals surface area contributed by atoms with Gasteiger partial charge in [-0.3, -0.25) is 14.7 Å². The molecular formula is C18H28N4O3. The van der Waals surface area contributed by atoms with E-state index in [-0.39, 0.29) is 29.3 Å². The van der Waals surface area contributed by atoms with Crippen molar-refractivity contribution in [3.63, 3.8) is 0 Å². The number of hydrogen-bond acceptors (Lipinski definition) is 4. The number of nitrogens with zero attached hydrogens (tertiary/aromatic N) is 3. The van der Waals surface area contributed by atoms with Gasteiger partial charge < -0.3 is 14.9 Å². The van der Waals surface area contributed by atoms with Crippen LogP contribution >= 0.6 is 0 Å². The molecule has 0 unspecified atom stereocenters. The van der Waals surface area contributed by atoms with Gasteiger partial charge in [-0.25, -0.2) is 0 Å². The highest BCUT2D eigenvalue weighted by Gasteiger charge is 2.55. The summed E-state index contributed by atoms with van der Waals surface area (Å²) in [6.45, 7) is 12.4. The van der Waals surface area contributed by atoms with Gasteiger partial charge in [-0.05, 0) is 6.07 Å². The molecule has 1 aromatic rings. The molecule has 0 saturated carbocycles. The van der Waals surface area contributed by atoms with Crippen LogP contribution in [0.15, 0.2) is 6.07 Å². The average molecular weight is 348 g/mol. The van der Waals surface area contributed by atoms with Crippen LogP contribution in [0.25, 0.3) is 0 Å². The molecule has 0 aromatic carbocycles. The normalized spacial score (nSPS) is 19.6. The number of nitrogens with one attached hydrogen (secondary N) is 1. The number of aliphatic hydroxyl groups is 1. The third kappa shape index (κ3) is 3.05. The highest BCUT2D eigenvalue weighted by atomic mass is 16.3. The number of rotatable bonds is 3. The van der Waals surface area contributed by atoms with Crippen LogP contribution in [0.2, 0.25) is 0 Å². The average Bonchev–Trinajstić information content (AvgIpc) is 2.93. The van der Waals surface area contributed by atoms with Crippen LogP contribution in [0.3, 0.4) is 0 Å². The second-order valence-corrected chi connectivity index (χ2v) is 9.28. The van der Waals surface area contributed by atoms with E-state index in [4.69, 9.17) is 0 Å². The molecule has 138 valence electrons. The Morgan fingerprint density at radius 3 is 2.24 bits per heavy atom. The molecular weight excluding hydrogens is 320 g/mol. The maximum atomic E-state index is 12.6. The minimum absolute atomic E-state index is 0.0205. The quantitative estimate of drug-likeness (QED) is 0.853. The fraction of sp³-hybridized carbons (Fsp3) is 0.722. The van der Waals surface area contributed by atoms with Crippen LogP contribution in [0, 0.1) is 10.8 Å². The van der Waals surface area contributed by atoms with Crippen molar-refractivity contribution in [2.24, 2.45) is 10.8 Å². The van der Waals surface area contributed by atoms with Crippen molar-refractivity contribution >= 4 is 11.8 Å². The number of amides is 2. The first-order valence-electron chi connectivity index (χ1n) is 8.73. The Kier molecular flexibility index (Phi) is 3.98. The molecule has 3 rings (SSSR count). The highest BCUT2D eigenvalue weighted by molar-refractivity contribution is 5.93. The third-order valence-corrected chi connectivity index (χ3v) is 5.24. The van der Waals surface area contributed by atoms with Gasteiger partial charge in [0.1, 0.15) is 5.69 Å². The lowest BCUT2D eigenvalue weighted by Gasteiger charge is -2.60. The Bertz CT molecular complexity index is 687. The lowest BCUT2D eigenvalue weighted by atomic mass is 9.71. The molecule has 0 atom stereocenters. The fourth-order valence-electron chi connectivity index (χ4n) is 3.51. The first-order chi connectivity index (χ1) is 11.5. The number of H-pyrrole nitrogens is 1. The van der Waals surface area contributed by atoms with Gasteiger partial charge in [-0.2, -0.15) is 5.10 Å². The van der Waals surface area contributed by atoms with Crippen molar-refractivity contribution in [3.05, 3.63) is 17.5 Å². The van der Waals surface area contributed by atoms with Crippen LogP contribution in [-0.2, 0) is 10.2 Å². The summed E-state index contributed by atoms with van der Waals surface area (Å²) in [6.07, 6.45) is 0. The van der Waals surface area contributed by atoms with E-state index in [0.29, 0.717) is 18.8 Å². The Morgan fingerprint density at radius 2 is 1.72 bits per heavy atom. The molecule has 2 amide bonds. The van der Waals surface area contributed by atoms with Crippen molar-refractivity contribution in [1.82, 2.24) is 20.0 Å². The molecule has 7 heteroatoms. The molecule has 2 aliphatic heterocycles. The topological polar surface area (TPSA) is 89.5 Å². The second kappa shape index (κ2) is 5.56. The number of aromatic amines is 1. The van der Waals surface area contributed by atoms with Crippen LogP contribution in [-0.4, -0.2) is 69.7 Å². The van der Waals surface area contributed by atoms with E-state index >= 15 is 0 Å². The summed E-state index contributed by atoms with van der Waals surface area (Å²) >= 11 is 0. The van der Waals surface area contributed by atoms with E-state index in [1.807, 2.05) is 39.5 Å². The number of carbonyl (C=O) groups excluding carboxylic acids is 2. The summed E-state index contributed by atoms with van der Waals surface area (Å²) in [5.74, 6) is 0.0774. The Balaban J connectivity index is 1.56. The largest absolute Gasteiger partial charge is 0.395 e. The summed E-state index contributed by atoms with van der Waals surface area (Å²) in [7, 11) is 0. The lowest BCUT2D eigenvalue weighted by molar-refractivity contribution is -0.162. The standard InChI is InChI=1S/C18H28N4O3/c1-16(2,3)15(25)22-9-18(10-22)7-21(8-18)14(24)12-6-13(20-19-12)17(4,5)11-23/h6,23H,7-11H2,1-5H3,(H,19,20). The van der Waals surface area contributed by atoms with E-state index in [2.05, 4.69) is 10.2 Å². The number of aromatic nitrogens is 2. The summed E-state index contributed by atoms with van der Waals surface area (Å²) < 4.78 is 0. The number of likely N-dealkylation sites (tertiary alicyclic amines) is 2. The van der Waals surface area contributed by atoms with E-state index in [9.17, 15) is 14.7 Å². The summed E-state index contributed by atoms with van der Waals surface area (Å²) in [5.41, 5.74) is 0.391. The second-order valence-electron chi connectivity index (χ2n) is 9.28. The van der Waals surface area contributed by atoms with Gasteiger partial charge in [0.2, 0.25) is 5.91 Å². The minimum Gasteiger partial charge on any atom is -0.395 e. The molecule has 2 aliphatic rings. The van der Waals surface area contributed by atoms with E-state index < -0.39 is 5.41 Å². The summed E-state index contributed by atoms with van der Waals surface area (Å²) in [4.78, 5) is 28.5. The summed E-state index contributed by atoms with van der Waals surface area (Å²) in [5, 5.41) is 16.4. The SMILES string of the molecule is CC(C)(C)C(=O)N1CC2(CN(C(=O)c3cc(C(C)(C)CO)[nH]n3)C2)C1. The Labute approximate surface area is 148 Å². The van der Waals surface area contributed by atoms with Gasteiger partial charge in [0.25, 0.3) is 5.91 Å². The van der Waals surface area contributed by atoms with Gasteiger partial charge in [-0.15, -0.1) is 0 Å². The van der Waals surface area contributed by atoms with Gasteiger partial charge in [0.05, 0.1) is 6.61 Å².